The van der Waals surface area contributed by atoms with Gasteiger partial charge in [-0.15, -0.1) is 0 Å². The van der Waals surface area contributed by atoms with Gasteiger partial charge in [0.25, 0.3) is 0 Å². The molecular formula is C17H31N3O. The van der Waals surface area contributed by atoms with Crippen molar-refractivity contribution in [2.45, 2.75) is 71.4 Å². The molecule has 0 saturated carbocycles. The van der Waals surface area contributed by atoms with Crippen LogP contribution in [0.15, 0.2) is 6.07 Å². The lowest BCUT2D eigenvalue weighted by atomic mass is 10.1. The van der Waals surface area contributed by atoms with E-state index in [1.807, 2.05) is 0 Å². The molecule has 120 valence electrons. The fourth-order valence-corrected chi connectivity index (χ4v) is 2.85. The zero-order valence-corrected chi connectivity index (χ0v) is 13.7. The van der Waals surface area contributed by atoms with E-state index in [0.29, 0.717) is 0 Å². The summed E-state index contributed by atoms with van der Waals surface area (Å²) in [6.07, 6.45) is 8.88. The monoisotopic (exact) mass is 293 g/mol. The van der Waals surface area contributed by atoms with Crippen molar-refractivity contribution >= 4 is 0 Å². The summed E-state index contributed by atoms with van der Waals surface area (Å²) in [6, 6.07) is 2.28. The second kappa shape index (κ2) is 9.21. The molecule has 0 bridgehead atoms. The Morgan fingerprint density at radius 2 is 2.05 bits per heavy atom. The van der Waals surface area contributed by atoms with Gasteiger partial charge >= 0.3 is 0 Å². The highest BCUT2D eigenvalue weighted by Crippen LogP contribution is 2.20. The maximum atomic E-state index is 5.85. The number of aromatic nitrogens is 2. The van der Waals surface area contributed by atoms with Gasteiger partial charge in [-0.3, -0.25) is 4.68 Å². The van der Waals surface area contributed by atoms with Gasteiger partial charge in [0.05, 0.1) is 12.3 Å². The molecule has 1 saturated heterocycles. The first-order valence-electron chi connectivity index (χ1n) is 8.74. The van der Waals surface area contributed by atoms with Gasteiger partial charge in [-0.1, -0.05) is 39.5 Å². The third kappa shape index (κ3) is 5.11. The Kier molecular flexibility index (Phi) is 7.24. The fourth-order valence-electron chi connectivity index (χ4n) is 2.85. The van der Waals surface area contributed by atoms with Crippen molar-refractivity contribution in [3.8, 4) is 0 Å². The van der Waals surface area contributed by atoms with Crippen molar-refractivity contribution in [3.63, 3.8) is 0 Å². The zero-order chi connectivity index (χ0) is 14.9. The van der Waals surface area contributed by atoms with E-state index in [0.717, 1.165) is 38.4 Å². The topological polar surface area (TPSA) is 39.1 Å². The highest BCUT2D eigenvalue weighted by molar-refractivity contribution is 5.14. The molecule has 1 aromatic heterocycles. The van der Waals surface area contributed by atoms with Crippen molar-refractivity contribution in [3.05, 3.63) is 17.5 Å². The Morgan fingerprint density at radius 1 is 1.24 bits per heavy atom. The van der Waals surface area contributed by atoms with Gasteiger partial charge in [0.1, 0.15) is 6.10 Å². The molecule has 0 aromatic carbocycles. The normalized spacial score (nSPS) is 19.0. The SMILES string of the molecule is CCCCCc1cc(C2CNCCO2)nn1CCCCC. The minimum Gasteiger partial charge on any atom is -0.369 e. The average Bonchev–Trinajstić information content (AvgIpc) is 2.92. The molecule has 2 heterocycles. The maximum absolute atomic E-state index is 5.85. The molecule has 0 spiro atoms. The van der Waals surface area contributed by atoms with Crippen LogP contribution in [0.1, 0.15) is 69.9 Å². The molecule has 0 radical (unpaired) electrons. The Morgan fingerprint density at radius 3 is 2.76 bits per heavy atom. The van der Waals surface area contributed by atoms with Crippen LogP contribution >= 0.6 is 0 Å². The van der Waals surface area contributed by atoms with Crippen LogP contribution in [0, 0.1) is 0 Å². The number of rotatable bonds is 9. The zero-order valence-electron chi connectivity index (χ0n) is 13.7. The van der Waals surface area contributed by atoms with Crippen LogP contribution in [0.25, 0.3) is 0 Å². The summed E-state index contributed by atoms with van der Waals surface area (Å²) in [7, 11) is 0. The van der Waals surface area contributed by atoms with Crippen molar-refractivity contribution in [2.75, 3.05) is 19.7 Å². The summed E-state index contributed by atoms with van der Waals surface area (Å²) < 4.78 is 8.08. The van der Waals surface area contributed by atoms with Gasteiger partial charge in [-0.25, -0.2) is 0 Å². The lowest BCUT2D eigenvalue weighted by molar-refractivity contribution is 0.0246. The van der Waals surface area contributed by atoms with Gasteiger partial charge in [-0.2, -0.15) is 5.10 Å². The van der Waals surface area contributed by atoms with Crippen LogP contribution in [-0.2, 0) is 17.7 Å². The summed E-state index contributed by atoms with van der Waals surface area (Å²) in [5.74, 6) is 0. The molecular weight excluding hydrogens is 262 g/mol. The number of unbranched alkanes of at least 4 members (excludes halogenated alkanes) is 4. The minimum atomic E-state index is 0.135. The molecule has 1 aliphatic rings. The van der Waals surface area contributed by atoms with E-state index in [-0.39, 0.29) is 6.10 Å². The summed E-state index contributed by atoms with van der Waals surface area (Å²) in [6.45, 7) is 8.19. The Hall–Kier alpha value is -0.870. The third-order valence-electron chi connectivity index (χ3n) is 4.15. The van der Waals surface area contributed by atoms with Crippen molar-refractivity contribution in [1.82, 2.24) is 15.1 Å². The van der Waals surface area contributed by atoms with Gasteiger partial charge in [0.2, 0.25) is 0 Å². The maximum Gasteiger partial charge on any atom is 0.114 e. The van der Waals surface area contributed by atoms with Crippen molar-refractivity contribution in [1.29, 1.82) is 0 Å². The van der Waals surface area contributed by atoms with Crippen molar-refractivity contribution in [2.24, 2.45) is 0 Å². The largest absolute Gasteiger partial charge is 0.369 e. The van der Waals surface area contributed by atoms with Crippen LogP contribution < -0.4 is 5.32 Å². The number of nitrogens with one attached hydrogen (secondary N) is 1. The van der Waals surface area contributed by atoms with Crippen LogP contribution in [0.5, 0.6) is 0 Å². The fraction of sp³-hybridized carbons (Fsp3) is 0.824. The van der Waals surface area contributed by atoms with E-state index in [1.54, 1.807) is 0 Å². The van der Waals surface area contributed by atoms with E-state index in [4.69, 9.17) is 9.84 Å². The van der Waals surface area contributed by atoms with Crippen LogP contribution in [-0.4, -0.2) is 29.5 Å². The van der Waals surface area contributed by atoms with Gasteiger partial charge in [-0.05, 0) is 25.3 Å². The highest BCUT2D eigenvalue weighted by Gasteiger charge is 2.20. The molecule has 4 nitrogen and oxygen atoms in total. The third-order valence-corrected chi connectivity index (χ3v) is 4.15. The lowest BCUT2D eigenvalue weighted by Crippen LogP contribution is -2.33. The van der Waals surface area contributed by atoms with E-state index < -0.39 is 0 Å². The number of aryl methyl sites for hydroxylation is 2. The summed E-state index contributed by atoms with van der Waals surface area (Å²) in [5.41, 5.74) is 2.51. The number of ether oxygens (including phenoxy) is 1. The predicted octanol–water partition coefficient (Wildman–Crippen LogP) is 3.47. The van der Waals surface area contributed by atoms with E-state index in [9.17, 15) is 0 Å². The van der Waals surface area contributed by atoms with Crippen LogP contribution in [0.3, 0.4) is 0 Å². The van der Waals surface area contributed by atoms with Gasteiger partial charge in [0.15, 0.2) is 0 Å². The molecule has 2 rings (SSSR count). The summed E-state index contributed by atoms with van der Waals surface area (Å²) >= 11 is 0. The Bertz CT molecular complexity index is 369. The lowest BCUT2D eigenvalue weighted by Gasteiger charge is -2.21. The van der Waals surface area contributed by atoms with Crippen LogP contribution in [0.2, 0.25) is 0 Å². The average molecular weight is 293 g/mol. The molecule has 1 aliphatic heterocycles. The number of morpholine rings is 1. The number of nitrogens with zero attached hydrogens (tertiary/aromatic N) is 2. The first-order valence-corrected chi connectivity index (χ1v) is 8.74. The molecule has 0 amide bonds. The molecule has 0 aliphatic carbocycles. The van der Waals surface area contributed by atoms with Gasteiger partial charge < -0.3 is 10.1 Å². The smallest absolute Gasteiger partial charge is 0.114 e. The molecule has 1 fully saturated rings. The predicted molar refractivity (Wildman–Crippen MR) is 86.5 cm³/mol. The molecule has 1 unspecified atom stereocenters. The van der Waals surface area contributed by atoms with E-state index in [1.165, 1.54) is 44.2 Å². The first kappa shape index (κ1) is 16.5. The van der Waals surface area contributed by atoms with Crippen molar-refractivity contribution < 1.29 is 4.74 Å². The second-order valence-electron chi connectivity index (χ2n) is 6.01. The van der Waals surface area contributed by atoms with Gasteiger partial charge in [0, 0.05) is 25.3 Å². The molecule has 4 heteroatoms. The number of hydrogen-bond acceptors (Lipinski definition) is 3. The molecule has 21 heavy (non-hydrogen) atoms. The molecule has 1 aromatic rings. The standard InChI is InChI=1S/C17H31N3O/c1-3-5-7-9-15-13-16(17-14-18-10-12-21-17)19-20(15)11-8-6-4-2/h13,17-18H,3-12,14H2,1-2H3. The molecule has 1 atom stereocenters. The van der Waals surface area contributed by atoms with E-state index >= 15 is 0 Å². The first-order chi connectivity index (χ1) is 10.3. The Labute approximate surface area is 129 Å². The van der Waals surface area contributed by atoms with Crippen LogP contribution in [0.4, 0.5) is 0 Å². The molecule has 1 N–H and O–H groups in total. The highest BCUT2D eigenvalue weighted by atomic mass is 16.5. The Balaban J connectivity index is 2.01. The summed E-state index contributed by atoms with van der Waals surface area (Å²) in [4.78, 5) is 0. The minimum absolute atomic E-state index is 0.135. The summed E-state index contributed by atoms with van der Waals surface area (Å²) in [5, 5.41) is 8.23. The quantitative estimate of drug-likeness (QED) is 0.709. The number of hydrogen-bond donors (Lipinski definition) is 1. The second-order valence-corrected chi connectivity index (χ2v) is 6.01. The van der Waals surface area contributed by atoms with E-state index in [2.05, 4.69) is 29.9 Å².